The largest absolute Gasteiger partial charge is 0.497 e. The van der Waals surface area contributed by atoms with Crippen LogP contribution in [0.5, 0.6) is 5.75 Å². The molecule has 2 aromatic carbocycles. The molecular weight excluding hydrogens is 360 g/mol. The summed E-state index contributed by atoms with van der Waals surface area (Å²) in [4.78, 5) is 4.34. The maximum atomic E-state index is 6.08. The zero-order valence-corrected chi connectivity index (χ0v) is 14.9. The van der Waals surface area contributed by atoms with E-state index < -0.39 is 0 Å². The van der Waals surface area contributed by atoms with Crippen molar-refractivity contribution in [2.24, 2.45) is 0 Å². The average molecular weight is 375 g/mol. The predicted octanol–water partition coefficient (Wildman–Crippen LogP) is 3.89. The van der Waals surface area contributed by atoms with Gasteiger partial charge in [-0.2, -0.15) is 4.98 Å². The molecule has 0 amide bonds. The summed E-state index contributed by atoms with van der Waals surface area (Å²) in [5.74, 6) is 1.63. The number of thiocarbonyl (C=S) groups is 1. The van der Waals surface area contributed by atoms with Crippen molar-refractivity contribution >= 4 is 34.6 Å². The number of nitrogens with zero attached hydrogens (tertiary/aromatic N) is 2. The van der Waals surface area contributed by atoms with E-state index >= 15 is 0 Å². The van der Waals surface area contributed by atoms with Crippen LogP contribution < -0.4 is 15.4 Å². The highest BCUT2D eigenvalue weighted by Gasteiger charge is 2.10. The lowest BCUT2D eigenvalue weighted by Gasteiger charge is -2.09. The Balaban J connectivity index is 1.60. The monoisotopic (exact) mass is 374 g/mol. The van der Waals surface area contributed by atoms with Crippen LogP contribution in [0.3, 0.4) is 0 Å². The number of methoxy groups -OCH3 is 1. The number of ether oxygens (including phenoxy) is 1. The number of hydrogen-bond acceptors (Lipinski definition) is 5. The summed E-state index contributed by atoms with van der Waals surface area (Å²) < 4.78 is 10.4. The lowest BCUT2D eigenvalue weighted by atomic mass is 10.2. The Morgan fingerprint density at radius 2 is 2.08 bits per heavy atom. The SMILES string of the molecule is COc1cccc(-c2noc(CNC(=S)Nc3ccccc3Cl)n2)c1. The van der Waals surface area contributed by atoms with Gasteiger partial charge in [0.05, 0.1) is 24.4 Å². The lowest BCUT2D eigenvalue weighted by molar-refractivity contribution is 0.376. The second-order valence-electron chi connectivity index (χ2n) is 5.03. The molecule has 25 heavy (non-hydrogen) atoms. The fourth-order valence-electron chi connectivity index (χ4n) is 2.09. The fourth-order valence-corrected chi connectivity index (χ4v) is 2.46. The number of benzene rings is 2. The smallest absolute Gasteiger partial charge is 0.246 e. The number of aromatic nitrogens is 2. The summed E-state index contributed by atoms with van der Waals surface area (Å²) in [7, 11) is 1.61. The van der Waals surface area contributed by atoms with E-state index in [1.165, 1.54) is 0 Å². The number of anilines is 1. The van der Waals surface area contributed by atoms with Crippen molar-refractivity contribution in [2.45, 2.75) is 6.54 Å². The van der Waals surface area contributed by atoms with Crippen molar-refractivity contribution in [3.05, 3.63) is 59.4 Å². The minimum atomic E-state index is 0.299. The van der Waals surface area contributed by atoms with Gasteiger partial charge in [0.15, 0.2) is 5.11 Å². The van der Waals surface area contributed by atoms with Crippen LogP contribution in [0.15, 0.2) is 53.1 Å². The lowest BCUT2D eigenvalue weighted by Crippen LogP contribution is -2.28. The highest BCUT2D eigenvalue weighted by Crippen LogP contribution is 2.22. The van der Waals surface area contributed by atoms with E-state index in [0.29, 0.717) is 28.4 Å². The standard InChI is InChI=1S/C17H15ClN4O2S/c1-23-12-6-4-5-11(9-12)16-21-15(24-22-16)10-19-17(25)20-14-8-3-2-7-13(14)18/h2-9H,10H2,1H3,(H2,19,20,25). The van der Waals surface area contributed by atoms with Gasteiger partial charge >= 0.3 is 0 Å². The number of nitrogens with one attached hydrogen (secondary N) is 2. The third-order valence-electron chi connectivity index (χ3n) is 3.32. The molecule has 0 radical (unpaired) electrons. The zero-order valence-electron chi connectivity index (χ0n) is 13.3. The normalized spacial score (nSPS) is 10.3. The van der Waals surface area contributed by atoms with Gasteiger partial charge in [0.25, 0.3) is 0 Å². The molecule has 3 aromatic rings. The van der Waals surface area contributed by atoms with Gasteiger partial charge in [-0.1, -0.05) is 41.0 Å². The van der Waals surface area contributed by atoms with E-state index in [9.17, 15) is 0 Å². The molecule has 0 fully saturated rings. The average Bonchev–Trinajstić information content (AvgIpc) is 3.11. The van der Waals surface area contributed by atoms with Crippen LogP contribution in [0, 0.1) is 0 Å². The number of para-hydroxylation sites is 1. The van der Waals surface area contributed by atoms with E-state index in [-0.39, 0.29) is 0 Å². The van der Waals surface area contributed by atoms with Gasteiger partial charge < -0.3 is 19.9 Å². The number of rotatable bonds is 5. The topological polar surface area (TPSA) is 72.2 Å². The van der Waals surface area contributed by atoms with Crippen molar-refractivity contribution in [2.75, 3.05) is 12.4 Å². The van der Waals surface area contributed by atoms with Gasteiger partial charge in [-0.15, -0.1) is 0 Å². The molecule has 0 unspecified atom stereocenters. The van der Waals surface area contributed by atoms with Crippen molar-refractivity contribution < 1.29 is 9.26 Å². The highest BCUT2D eigenvalue weighted by atomic mass is 35.5. The van der Waals surface area contributed by atoms with Crippen LogP contribution in [0.25, 0.3) is 11.4 Å². The van der Waals surface area contributed by atoms with Gasteiger partial charge in [-0.05, 0) is 36.5 Å². The summed E-state index contributed by atoms with van der Waals surface area (Å²) in [5.41, 5.74) is 1.54. The van der Waals surface area contributed by atoms with Crippen molar-refractivity contribution in [3.8, 4) is 17.1 Å². The van der Waals surface area contributed by atoms with Crippen LogP contribution in [-0.2, 0) is 6.54 Å². The summed E-state index contributed by atoms with van der Waals surface area (Å²) in [5, 5.41) is 11.0. The maximum Gasteiger partial charge on any atom is 0.246 e. The third-order valence-corrected chi connectivity index (χ3v) is 3.89. The van der Waals surface area contributed by atoms with E-state index in [1.54, 1.807) is 13.2 Å². The Kier molecular flexibility index (Phi) is 5.47. The van der Waals surface area contributed by atoms with Crippen LogP contribution in [0.4, 0.5) is 5.69 Å². The van der Waals surface area contributed by atoms with Crippen molar-refractivity contribution in [3.63, 3.8) is 0 Å². The minimum absolute atomic E-state index is 0.299. The zero-order chi connectivity index (χ0) is 17.6. The quantitative estimate of drug-likeness (QED) is 0.656. The summed E-state index contributed by atoms with van der Waals surface area (Å²) in [6, 6.07) is 14.8. The first-order valence-corrected chi connectivity index (χ1v) is 8.21. The van der Waals surface area contributed by atoms with E-state index in [1.807, 2.05) is 42.5 Å². The molecule has 1 aromatic heterocycles. The Bertz CT molecular complexity index is 884. The first-order valence-electron chi connectivity index (χ1n) is 7.42. The van der Waals surface area contributed by atoms with Gasteiger partial charge in [-0.3, -0.25) is 0 Å². The summed E-state index contributed by atoms with van der Waals surface area (Å²) >= 11 is 11.3. The molecular formula is C17H15ClN4O2S. The minimum Gasteiger partial charge on any atom is -0.497 e. The second-order valence-corrected chi connectivity index (χ2v) is 5.85. The van der Waals surface area contributed by atoms with E-state index in [0.717, 1.165) is 17.0 Å². The van der Waals surface area contributed by atoms with Gasteiger partial charge in [0, 0.05) is 5.56 Å². The van der Waals surface area contributed by atoms with Crippen molar-refractivity contribution in [1.29, 1.82) is 0 Å². The van der Waals surface area contributed by atoms with Gasteiger partial charge in [0.2, 0.25) is 11.7 Å². The maximum absolute atomic E-state index is 6.08. The van der Waals surface area contributed by atoms with Crippen LogP contribution >= 0.6 is 23.8 Å². The highest BCUT2D eigenvalue weighted by molar-refractivity contribution is 7.80. The number of halogens is 1. The first-order chi connectivity index (χ1) is 12.2. The molecule has 128 valence electrons. The molecule has 0 saturated heterocycles. The molecule has 0 aliphatic carbocycles. The molecule has 0 aliphatic rings. The molecule has 6 nitrogen and oxygen atoms in total. The molecule has 0 aliphatic heterocycles. The first kappa shape index (κ1) is 17.2. The molecule has 1 heterocycles. The Morgan fingerprint density at radius 1 is 1.24 bits per heavy atom. The molecule has 0 spiro atoms. The Hall–Kier alpha value is -2.64. The van der Waals surface area contributed by atoms with Crippen LogP contribution in [0.2, 0.25) is 5.02 Å². The second kappa shape index (κ2) is 7.96. The van der Waals surface area contributed by atoms with Crippen LogP contribution in [0.1, 0.15) is 5.89 Å². The Morgan fingerprint density at radius 3 is 2.88 bits per heavy atom. The van der Waals surface area contributed by atoms with Gasteiger partial charge in [-0.25, -0.2) is 0 Å². The third kappa shape index (κ3) is 4.46. The molecule has 8 heteroatoms. The van der Waals surface area contributed by atoms with E-state index in [2.05, 4.69) is 20.8 Å². The molecule has 3 rings (SSSR count). The molecule has 0 saturated carbocycles. The molecule has 0 bridgehead atoms. The molecule has 2 N–H and O–H groups in total. The van der Waals surface area contributed by atoms with Crippen molar-refractivity contribution in [1.82, 2.24) is 15.5 Å². The summed E-state index contributed by atoms with van der Waals surface area (Å²) in [6.07, 6.45) is 0. The predicted molar refractivity (Wildman–Crippen MR) is 101 cm³/mol. The fraction of sp³-hybridized carbons (Fsp3) is 0.118. The number of hydrogen-bond donors (Lipinski definition) is 2. The summed E-state index contributed by atoms with van der Waals surface area (Å²) in [6.45, 7) is 0.299. The van der Waals surface area contributed by atoms with E-state index in [4.69, 9.17) is 33.1 Å². The molecule has 0 atom stereocenters. The van der Waals surface area contributed by atoms with Crippen LogP contribution in [-0.4, -0.2) is 22.4 Å². The Labute approximate surface area is 155 Å². The van der Waals surface area contributed by atoms with Gasteiger partial charge in [0.1, 0.15) is 5.75 Å².